The topological polar surface area (TPSA) is 76.8 Å². The van der Waals surface area contributed by atoms with E-state index in [4.69, 9.17) is 9.47 Å². The van der Waals surface area contributed by atoms with Gasteiger partial charge in [0.15, 0.2) is 5.96 Å². The van der Waals surface area contributed by atoms with Gasteiger partial charge in [-0.15, -0.1) is 10.2 Å². The molecule has 0 saturated carbocycles. The quantitative estimate of drug-likeness (QED) is 0.386. The third kappa shape index (κ3) is 6.11. The van der Waals surface area contributed by atoms with Crippen molar-refractivity contribution in [2.75, 3.05) is 40.9 Å². The zero-order valence-corrected chi connectivity index (χ0v) is 18.4. The Morgan fingerprint density at radius 2 is 1.97 bits per heavy atom. The summed E-state index contributed by atoms with van der Waals surface area (Å²) >= 11 is 0. The standard InChI is InChI=1S/C22H34N6O2/c1-23-22(27(2)16-17-30-19-12-10-18(29-3)11-13-19)24-14-7-9-21-26-25-20-8-5-4-6-15-28(20)21/h10-13H,4-9,14-17H2,1-3H3,(H,23,24). The van der Waals surface area contributed by atoms with E-state index in [1.807, 2.05) is 38.4 Å². The number of aliphatic imine (C=N–C) groups is 1. The maximum atomic E-state index is 5.81. The van der Waals surface area contributed by atoms with Gasteiger partial charge in [0.2, 0.25) is 0 Å². The number of methoxy groups -OCH3 is 1. The van der Waals surface area contributed by atoms with E-state index in [0.717, 1.165) is 68.0 Å². The van der Waals surface area contributed by atoms with Gasteiger partial charge in [-0.25, -0.2) is 0 Å². The van der Waals surface area contributed by atoms with E-state index < -0.39 is 0 Å². The molecule has 0 fully saturated rings. The molecule has 30 heavy (non-hydrogen) atoms. The van der Waals surface area contributed by atoms with Gasteiger partial charge in [-0.2, -0.15) is 0 Å². The molecule has 1 N–H and O–H groups in total. The van der Waals surface area contributed by atoms with Crippen LogP contribution in [0.25, 0.3) is 0 Å². The van der Waals surface area contributed by atoms with Gasteiger partial charge in [0, 0.05) is 40.0 Å². The Labute approximate surface area is 179 Å². The van der Waals surface area contributed by atoms with Crippen LogP contribution < -0.4 is 14.8 Å². The van der Waals surface area contributed by atoms with Crippen LogP contribution in [0.1, 0.15) is 37.3 Å². The molecule has 0 saturated heterocycles. The number of aryl methyl sites for hydroxylation is 2. The van der Waals surface area contributed by atoms with E-state index in [-0.39, 0.29) is 0 Å². The van der Waals surface area contributed by atoms with Gasteiger partial charge >= 0.3 is 0 Å². The Bertz CT molecular complexity index is 802. The predicted molar refractivity (Wildman–Crippen MR) is 118 cm³/mol. The van der Waals surface area contributed by atoms with Crippen LogP contribution in [0.3, 0.4) is 0 Å². The van der Waals surface area contributed by atoms with Crippen LogP contribution in [0.2, 0.25) is 0 Å². The highest BCUT2D eigenvalue weighted by Crippen LogP contribution is 2.17. The van der Waals surface area contributed by atoms with Crippen molar-refractivity contribution in [3.63, 3.8) is 0 Å². The number of likely N-dealkylation sites (N-methyl/N-ethyl adjacent to an activating group) is 1. The van der Waals surface area contributed by atoms with Gasteiger partial charge in [0.1, 0.15) is 29.8 Å². The SMILES string of the molecule is CN=C(NCCCc1nnc2n1CCCCC2)N(C)CCOc1ccc(OC)cc1. The molecule has 0 amide bonds. The Hall–Kier alpha value is -2.77. The normalized spacial score (nSPS) is 14.0. The van der Waals surface area contributed by atoms with Crippen molar-refractivity contribution in [2.24, 2.45) is 4.99 Å². The number of benzene rings is 1. The largest absolute Gasteiger partial charge is 0.497 e. The van der Waals surface area contributed by atoms with Gasteiger partial charge < -0.3 is 24.3 Å². The number of ether oxygens (including phenoxy) is 2. The van der Waals surface area contributed by atoms with E-state index in [1.165, 1.54) is 19.3 Å². The average Bonchev–Trinajstić information content (AvgIpc) is 3.00. The minimum Gasteiger partial charge on any atom is -0.497 e. The first-order valence-electron chi connectivity index (χ1n) is 10.8. The molecule has 0 atom stereocenters. The monoisotopic (exact) mass is 414 g/mol. The summed E-state index contributed by atoms with van der Waals surface area (Å²) in [7, 11) is 5.48. The summed E-state index contributed by atoms with van der Waals surface area (Å²) in [4.78, 5) is 6.46. The van der Waals surface area contributed by atoms with Crippen LogP contribution in [0.15, 0.2) is 29.3 Å². The van der Waals surface area contributed by atoms with Gasteiger partial charge in [0.05, 0.1) is 13.7 Å². The molecule has 2 aromatic rings. The van der Waals surface area contributed by atoms with E-state index in [1.54, 1.807) is 7.11 Å². The number of fused-ring (bicyclic) bond motifs is 1. The number of aromatic nitrogens is 3. The molecule has 0 radical (unpaired) electrons. The summed E-state index contributed by atoms with van der Waals surface area (Å²) in [6, 6.07) is 7.62. The smallest absolute Gasteiger partial charge is 0.193 e. The first-order chi connectivity index (χ1) is 14.7. The van der Waals surface area contributed by atoms with Crippen LogP contribution in [0.5, 0.6) is 11.5 Å². The number of nitrogens with one attached hydrogen (secondary N) is 1. The summed E-state index contributed by atoms with van der Waals surface area (Å²) in [6.07, 6.45) is 6.72. The van der Waals surface area contributed by atoms with Crippen LogP contribution in [0, 0.1) is 0 Å². The molecule has 3 rings (SSSR count). The molecule has 1 aromatic carbocycles. The van der Waals surface area contributed by atoms with Crippen LogP contribution in [-0.2, 0) is 19.4 Å². The molecule has 1 aliphatic rings. The minimum absolute atomic E-state index is 0.579. The molecule has 0 spiro atoms. The molecule has 8 nitrogen and oxygen atoms in total. The molecule has 164 valence electrons. The Morgan fingerprint density at radius 1 is 1.17 bits per heavy atom. The van der Waals surface area contributed by atoms with Crippen molar-refractivity contribution >= 4 is 5.96 Å². The van der Waals surface area contributed by atoms with E-state index in [2.05, 4.69) is 30.0 Å². The zero-order valence-electron chi connectivity index (χ0n) is 18.4. The molecule has 0 bridgehead atoms. The fourth-order valence-corrected chi connectivity index (χ4v) is 3.64. The summed E-state index contributed by atoms with van der Waals surface area (Å²) in [6.45, 7) is 3.22. The number of guanidine groups is 1. The van der Waals surface area contributed by atoms with Crippen LogP contribution >= 0.6 is 0 Å². The molecule has 0 aliphatic carbocycles. The predicted octanol–water partition coefficient (Wildman–Crippen LogP) is 2.53. The lowest BCUT2D eigenvalue weighted by atomic mass is 10.2. The van der Waals surface area contributed by atoms with Crippen LogP contribution in [-0.4, -0.2) is 66.5 Å². The van der Waals surface area contributed by atoms with E-state index >= 15 is 0 Å². The third-order valence-corrected chi connectivity index (χ3v) is 5.37. The lowest BCUT2D eigenvalue weighted by Gasteiger charge is -2.22. The van der Waals surface area contributed by atoms with Crippen LogP contribution in [0.4, 0.5) is 0 Å². The Morgan fingerprint density at radius 3 is 2.73 bits per heavy atom. The van der Waals surface area contributed by atoms with Gasteiger partial charge in [-0.3, -0.25) is 4.99 Å². The Balaban J connectivity index is 1.37. The number of rotatable bonds is 9. The lowest BCUT2D eigenvalue weighted by Crippen LogP contribution is -2.41. The van der Waals surface area contributed by atoms with Gasteiger partial charge in [-0.05, 0) is 43.5 Å². The first-order valence-corrected chi connectivity index (χ1v) is 10.8. The molecular weight excluding hydrogens is 380 g/mol. The van der Waals surface area contributed by atoms with Crippen molar-refractivity contribution in [1.82, 2.24) is 25.0 Å². The van der Waals surface area contributed by atoms with Gasteiger partial charge in [-0.1, -0.05) is 6.42 Å². The highest BCUT2D eigenvalue weighted by molar-refractivity contribution is 5.79. The summed E-state index contributed by atoms with van der Waals surface area (Å²) in [5, 5.41) is 12.2. The summed E-state index contributed by atoms with van der Waals surface area (Å²) in [5.41, 5.74) is 0. The Kier molecular flexibility index (Phi) is 8.35. The minimum atomic E-state index is 0.579. The second-order valence-electron chi connectivity index (χ2n) is 7.52. The van der Waals surface area contributed by atoms with E-state index in [0.29, 0.717) is 6.61 Å². The number of hydrogen-bond donors (Lipinski definition) is 1. The fraction of sp³-hybridized carbons (Fsp3) is 0.591. The lowest BCUT2D eigenvalue weighted by molar-refractivity contribution is 0.281. The van der Waals surface area contributed by atoms with Crippen molar-refractivity contribution in [1.29, 1.82) is 0 Å². The highest BCUT2D eigenvalue weighted by Gasteiger charge is 2.14. The average molecular weight is 415 g/mol. The molecular formula is C22H34N6O2. The number of hydrogen-bond acceptors (Lipinski definition) is 5. The fourth-order valence-electron chi connectivity index (χ4n) is 3.64. The zero-order chi connectivity index (χ0) is 21.2. The maximum absolute atomic E-state index is 5.81. The number of nitrogens with zero attached hydrogens (tertiary/aromatic N) is 5. The van der Waals surface area contributed by atoms with Crippen molar-refractivity contribution in [2.45, 2.75) is 45.1 Å². The van der Waals surface area contributed by atoms with Crippen molar-refractivity contribution < 1.29 is 9.47 Å². The van der Waals surface area contributed by atoms with E-state index in [9.17, 15) is 0 Å². The molecule has 8 heteroatoms. The summed E-state index contributed by atoms with van der Waals surface area (Å²) in [5.74, 6) is 4.80. The van der Waals surface area contributed by atoms with Crippen molar-refractivity contribution in [3.8, 4) is 11.5 Å². The molecule has 2 heterocycles. The molecule has 0 unspecified atom stereocenters. The first kappa shape index (κ1) is 21.9. The second kappa shape index (κ2) is 11.4. The molecule has 1 aromatic heterocycles. The third-order valence-electron chi connectivity index (χ3n) is 5.37. The van der Waals surface area contributed by atoms with Gasteiger partial charge in [0.25, 0.3) is 0 Å². The molecule has 1 aliphatic heterocycles. The van der Waals surface area contributed by atoms with Crippen molar-refractivity contribution in [3.05, 3.63) is 35.9 Å². The maximum Gasteiger partial charge on any atom is 0.193 e. The highest BCUT2D eigenvalue weighted by atomic mass is 16.5. The summed E-state index contributed by atoms with van der Waals surface area (Å²) < 4.78 is 13.3. The second-order valence-corrected chi connectivity index (χ2v) is 7.52.